The van der Waals surface area contributed by atoms with Gasteiger partial charge in [-0.15, -0.1) is 0 Å². The highest BCUT2D eigenvalue weighted by Crippen LogP contribution is 2.32. The largest absolute Gasteiger partial charge is 0.378 e. The second kappa shape index (κ2) is 5.26. The maximum Gasteiger partial charge on any atom is 0.0887 e. The van der Waals surface area contributed by atoms with Gasteiger partial charge in [0.15, 0.2) is 0 Å². The van der Waals surface area contributed by atoms with Gasteiger partial charge in [-0.2, -0.15) is 0 Å². The van der Waals surface area contributed by atoms with E-state index in [2.05, 4.69) is 77.5 Å². The molecule has 96 valence electrons. The Morgan fingerprint density at radius 2 is 1.53 bits per heavy atom. The summed E-state index contributed by atoms with van der Waals surface area (Å²) in [6, 6.07) is 9.13. The summed E-state index contributed by atoms with van der Waals surface area (Å²) in [5.74, 6) is 0. The molecule has 1 aromatic rings. The molecule has 0 radical (unpaired) electrons. The maximum absolute atomic E-state index is 2.52. The SMILES string of the molecule is CC(C)[Si](C)(c1cccc(N(C)C)c1)C(C)C. The first kappa shape index (κ1) is 14.3. The van der Waals surface area contributed by atoms with Crippen LogP contribution in [0.1, 0.15) is 27.7 Å². The van der Waals surface area contributed by atoms with E-state index in [4.69, 9.17) is 0 Å². The van der Waals surface area contributed by atoms with Crippen LogP contribution in [0.3, 0.4) is 0 Å². The molecule has 17 heavy (non-hydrogen) atoms. The van der Waals surface area contributed by atoms with Crippen molar-refractivity contribution in [3.8, 4) is 0 Å². The van der Waals surface area contributed by atoms with Crippen molar-refractivity contribution in [2.45, 2.75) is 45.3 Å². The van der Waals surface area contributed by atoms with E-state index in [-0.39, 0.29) is 0 Å². The molecular formula is C15H27NSi. The van der Waals surface area contributed by atoms with Crippen molar-refractivity contribution in [1.82, 2.24) is 0 Å². The Labute approximate surface area is 108 Å². The first-order valence-corrected chi connectivity index (χ1v) is 9.23. The predicted molar refractivity (Wildman–Crippen MR) is 82.2 cm³/mol. The lowest BCUT2D eigenvalue weighted by Crippen LogP contribution is -2.50. The molecule has 0 heterocycles. The van der Waals surface area contributed by atoms with Crippen LogP contribution in [0.25, 0.3) is 0 Å². The molecule has 2 heteroatoms. The smallest absolute Gasteiger partial charge is 0.0887 e. The van der Waals surface area contributed by atoms with Gasteiger partial charge in [-0.05, 0) is 23.2 Å². The molecular weight excluding hydrogens is 222 g/mol. The zero-order chi connectivity index (χ0) is 13.2. The Balaban J connectivity index is 3.25. The Kier molecular flexibility index (Phi) is 4.42. The summed E-state index contributed by atoms with van der Waals surface area (Å²) in [6.07, 6.45) is 0. The van der Waals surface area contributed by atoms with Crippen LogP contribution >= 0.6 is 0 Å². The second-order valence-corrected chi connectivity index (χ2v) is 11.5. The Morgan fingerprint density at radius 3 is 1.94 bits per heavy atom. The molecule has 0 aromatic heterocycles. The molecule has 0 aliphatic rings. The molecule has 0 atom stereocenters. The fourth-order valence-corrected chi connectivity index (χ4v) is 6.03. The molecule has 0 unspecified atom stereocenters. The average Bonchev–Trinajstić information content (AvgIpc) is 2.27. The van der Waals surface area contributed by atoms with Crippen LogP contribution in [0.4, 0.5) is 5.69 Å². The van der Waals surface area contributed by atoms with Gasteiger partial charge in [0.25, 0.3) is 0 Å². The minimum atomic E-state index is -1.38. The van der Waals surface area contributed by atoms with Crippen LogP contribution in [0.2, 0.25) is 17.6 Å². The van der Waals surface area contributed by atoms with Crippen LogP contribution in [-0.2, 0) is 0 Å². The lowest BCUT2D eigenvalue weighted by molar-refractivity contribution is 0.917. The lowest BCUT2D eigenvalue weighted by atomic mass is 10.3. The van der Waals surface area contributed by atoms with E-state index < -0.39 is 8.07 Å². The molecule has 1 rings (SSSR count). The predicted octanol–water partition coefficient (Wildman–Crippen LogP) is 3.86. The monoisotopic (exact) mass is 249 g/mol. The molecule has 0 saturated carbocycles. The van der Waals surface area contributed by atoms with E-state index in [1.54, 1.807) is 5.19 Å². The van der Waals surface area contributed by atoms with Crippen molar-refractivity contribution in [2.75, 3.05) is 19.0 Å². The summed E-state index contributed by atoms with van der Waals surface area (Å²) in [4.78, 5) is 2.19. The van der Waals surface area contributed by atoms with Crippen molar-refractivity contribution in [3.63, 3.8) is 0 Å². The molecule has 0 amide bonds. The van der Waals surface area contributed by atoms with Gasteiger partial charge in [-0.3, -0.25) is 0 Å². The van der Waals surface area contributed by atoms with Gasteiger partial charge in [0, 0.05) is 19.8 Å². The van der Waals surface area contributed by atoms with Crippen molar-refractivity contribution >= 4 is 18.9 Å². The Morgan fingerprint density at radius 1 is 1.00 bits per heavy atom. The summed E-state index contributed by atoms with van der Waals surface area (Å²) in [7, 11) is 2.84. The minimum absolute atomic E-state index is 0.778. The van der Waals surface area contributed by atoms with Gasteiger partial charge in [0.1, 0.15) is 0 Å². The standard InChI is InChI=1S/C15H27NSi/c1-12(2)17(7,13(3)4)15-10-8-9-14(11-15)16(5)6/h8-13H,1-7H3. The molecule has 1 aromatic carbocycles. The number of hydrogen-bond donors (Lipinski definition) is 0. The van der Waals surface area contributed by atoms with Crippen LogP contribution < -0.4 is 10.1 Å². The van der Waals surface area contributed by atoms with Gasteiger partial charge in [0.05, 0.1) is 8.07 Å². The molecule has 0 bridgehead atoms. The summed E-state index contributed by atoms with van der Waals surface area (Å²) < 4.78 is 0. The van der Waals surface area contributed by atoms with Crippen LogP contribution in [0, 0.1) is 0 Å². The summed E-state index contributed by atoms with van der Waals surface area (Å²) in [5.41, 5.74) is 2.88. The molecule has 0 spiro atoms. The van der Waals surface area contributed by atoms with Crippen molar-refractivity contribution in [3.05, 3.63) is 24.3 Å². The van der Waals surface area contributed by atoms with E-state index in [0.717, 1.165) is 11.1 Å². The van der Waals surface area contributed by atoms with Crippen molar-refractivity contribution in [2.24, 2.45) is 0 Å². The summed E-state index contributed by atoms with van der Waals surface area (Å²) >= 11 is 0. The van der Waals surface area contributed by atoms with Crippen LogP contribution in [0.5, 0.6) is 0 Å². The van der Waals surface area contributed by atoms with E-state index in [1.165, 1.54) is 5.69 Å². The van der Waals surface area contributed by atoms with E-state index in [1.807, 2.05) is 0 Å². The highest BCUT2D eigenvalue weighted by Gasteiger charge is 2.36. The fraction of sp³-hybridized carbons (Fsp3) is 0.600. The Hall–Kier alpha value is -0.763. The fourth-order valence-electron chi connectivity index (χ4n) is 2.45. The third kappa shape index (κ3) is 2.74. The second-order valence-electron chi connectivity index (χ2n) is 6.04. The highest BCUT2D eigenvalue weighted by atomic mass is 28.3. The first-order valence-electron chi connectivity index (χ1n) is 6.58. The van der Waals surface area contributed by atoms with Crippen molar-refractivity contribution in [1.29, 1.82) is 0 Å². The molecule has 0 aliphatic carbocycles. The summed E-state index contributed by atoms with van der Waals surface area (Å²) in [5, 5.41) is 1.59. The normalized spacial score (nSPS) is 12.3. The number of rotatable bonds is 4. The van der Waals surface area contributed by atoms with Crippen LogP contribution in [0.15, 0.2) is 24.3 Å². The zero-order valence-electron chi connectivity index (χ0n) is 12.4. The number of anilines is 1. The summed E-state index contributed by atoms with van der Waals surface area (Å²) in [6.45, 7) is 12.1. The maximum atomic E-state index is 2.52. The van der Waals surface area contributed by atoms with E-state index in [9.17, 15) is 0 Å². The van der Waals surface area contributed by atoms with E-state index >= 15 is 0 Å². The topological polar surface area (TPSA) is 3.24 Å². The Bertz CT molecular complexity index is 361. The molecule has 0 saturated heterocycles. The molecule has 1 nitrogen and oxygen atoms in total. The van der Waals surface area contributed by atoms with Gasteiger partial charge in [0.2, 0.25) is 0 Å². The van der Waals surface area contributed by atoms with Gasteiger partial charge in [-0.25, -0.2) is 0 Å². The van der Waals surface area contributed by atoms with Gasteiger partial charge in [-0.1, -0.05) is 51.6 Å². The molecule has 0 N–H and O–H groups in total. The van der Waals surface area contributed by atoms with Gasteiger partial charge >= 0.3 is 0 Å². The zero-order valence-corrected chi connectivity index (χ0v) is 13.4. The highest BCUT2D eigenvalue weighted by molar-refractivity contribution is 6.93. The average molecular weight is 249 g/mol. The third-order valence-corrected chi connectivity index (χ3v) is 10.7. The third-order valence-electron chi connectivity index (χ3n) is 4.38. The first-order chi connectivity index (χ1) is 7.80. The lowest BCUT2D eigenvalue weighted by Gasteiger charge is -2.36. The molecule has 0 aliphatic heterocycles. The number of benzene rings is 1. The van der Waals surface area contributed by atoms with Crippen molar-refractivity contribution < 1.29 is 0 Å². The van der Waals surface area contributed by atoms with Crippen LogP contribution in [-0.4, -0.2) is 22.2 Å². The number of hydrogen-bond acceptors (Lipinski definition) is 1. The quantitative estimate of drug-likeness (QED) is 0.733. The minimum Gasteiger partial charge on any atom is -0.378 e. The van der Waals surface area contributed by atoms with Gasteiger partial charge < -0.3 is 4.90 Å². The van der Waals surface area contributed by atoms with E-state index in [0.29, 0.717) is 0 Å². The molecule has 0 fully saturated rings. The number of nitrogens with zero attached hydrogens (tertiary/aromatic N) is 1.